The molecule has 5 nitrogen and oxygen atoms in total. The largest absolute Gasteiger partial charge is 0.480 e. The van der Waals surface area contributed by atoms with Crippen LogP contribution in [-0.4, -0.2) is 29.7 Å². The lowest BCUT2D eigenvalue weighted by Crippen LogP contribution is -2.46. The molecule has 17 heavy (non-hydrogen) atoms. The summed E-state index contributed by atoms with van der Waals surface area (Å²) in [4.78, 5) is 22.3. The fourth-order valence-corrected chi connectivity index (χ4v) is 1.27. The monoisotopic (exact) mass is 240 g/mol. The number of carboxylic acids is 1. The molecule has 0 aliphatic heterocycles. The van der Waals surface area contributed by atoms with Gasteiger partial charge in [0.05, 0.1) is 0 Å². The van der Waals surface area contributed by atoms with Gasteiger partial charge in [0.1, 0.15) is 6.04 Å². The van der Waals surface area contributed by atoms with Gasteiger partial charge in [0.15, 0.2) is 0 Å². The van der Waals surface area contributed by atoms with E-state index in [2.05, 4.69) is 22.5 Å². The molecule has 0 spiro atoms. The van der Waals surface area contributed by atoms with Crippen LogP contribution < -0.4 is 10.6 Å². The normalized spacial score (nSPS) is 11.3. The van der Waals surface area contributed by atoms with E-state index in [4.69, 9.17) is 5.11 Å². The molecule has 0 aromatic heterocycles. The van der Waals surface area contributed by atoms with Crippen molar-refractivity contribution in [1.29, 1.82) is 0 Å². The number of rotatable bonds is 6. The molecule has 0 aromatic rings. The van der Waals surface area contributed by atoms with Gasteiger partial charge in [0, 0.05) is 13.0 Å². The van der Waals surface area contributed by atoms with Gasteiger partial charge < -0.3 is 15.7 Å². The van der Waals surface area contributed by atoms with Crippen LogP contribution in [0.15, 0.2) is 0 Å². The minimum absolute atomic E-state index is 0.211. The maximum atomic E-state index is 11.4. The van der Waals surface area contributed by atoms with E-state index in [-0.39, 0.29) is 5.92 Å². The van der Waals surface area contributed by atoms with Crippen LogP contribution in [0.2, 0.25) is 0 Å². The molecule has 0 unspecified atom stereocenters. The Morgan fingerprint density at radius 2 is 2.00 bits per heavy atom. The average molecular weight is 240 g/mol. The van der Waals surface area contributed by atoms with Crippen molar-refractivity contribution in [3.8, 4) is 11.8 Å². The summed E-state index contributed by atoms with van der Waals surface area (Å²) in [5.41, 5.74) is 0. The highest BCUT2D eigenvalue weighted by Crippen LogP contribution is 2.04. The summed E-state index contributed by atoms with van der Waals surface area (Å²) < 4.78 is 0. The lowest BCUT2D eigenvalue weighted by molar-refractivity contribution is -0.139. The number of urea groups is 1. The molecule has 96 valence electrons. The van der Waals surface area contributed by atoms with Crippen LogP contribution in [0.5, 0.6) is 0 Å². The number of nitrogens with one attached hydrogen (secondary N) is 2. The first-order valence-electron chi connectivity index (χ1n) is 5.64. The van der Waals surface area contributed by atoms with E-state index in [1.165, 1.54) is 0 Å². The Labute approximate surface area is 102 Å². The second-order valence-corrected chi connectivity index (χ2v) is 4.10. The van der Waals surface area contributed by atoms with Crippen molar-refractivity contribution in [1.82, 2.24) is 10.6 Å². The van der Waals surface area contributed by atoms with E-state index in [0.717, 1.165) is 0 Å². The number of aliphatic carboxylic acids is 1. The van der Waals surface area contributed by atoms with Gasteiger partial charge in [-0.2, -0.15) is 0 Å². The van der Waals surface area contributed by atoms with E-state index >= 15 is 0 Å². The van der Waals surface area contributed by atoms with Gasteiger partial charge in [-0.15, -0.1) is 11.8 Å². The van der Waals surface area contributed by atoms with Crippen molar-refractivity contribution in [3.05, 3.63) is 0 Å². The highest BCUT2D eigenvalue weighted by atomic mass is 16.4. The third-order valence-corrected chi connectivity index (χ3v) is 2.02. The number of amides is 2. The SMILES string of the molecule is CC#CCCNC(=O)N[C@@H](CC(C)C)C(=O)O. The Hall–Kier alpha value is -1.70. The quantitative estimate of drug-likeness (QED) is 0.482. The summed E-state index contributed by atoms with van der Waals surface area (Å²) in [6.07, 6.45) is 0.976. The van der Waals surface area contributed by atoms with Crippen molar-refractivity contribution < 1.29 is 14.7 Å². The Morgan fingerprint density at radius 3 is 2.47 bits per heavy atom. The third kappa shape index (κ3) is 8.14. The molecule has 0 rings (SSSR count). The molecule has 0 heterocycles. The maximum absolute atomic E-state index is 11.4. The van der Waals surface area contributed by atoms with Crippen molar-refractivity contribution >= 4 is 12.0 Å². The van der Waals surface area contributed by atoms with Gasteiger partial charge in [0.2, 0.25) is 0 Å². The fourth-order valence-electron chi connectivity index (χ4n) is 1.27. The summed E-state index contributed by atoms with van der Waals surface area (Å²) in [5, 5.41) is 13.9. The van der Waals surface area contributed by atoms with Crippen LogP contribution in [-0.2, 0) is 4.79 Å². The summed E-state index contributed by atoms with van der Waals surface area (Å²) in [6.45, 7) is 5.96. The Bertz CT molecular complexity index is 315. The van der Waals surface area contributed by atoms with Gasteiger partial charge in [-0.3, -0.25) is 0 Å². The molecule has 0 radical (unpaired) electrons. The Kier molecular flexibility index (Phi) is 7.61. The molecule has 0 saturated heterocycles. The molecule has 1 atom stereocenters. The zero-order valence-electron chi connectivity index (χ0n) is 10.5. The van der Waals surface area contributed by atoms with E-state index in [0.29, 0.717) is 19.4 Å². The number of carbonyl (C=O) groups excluding carboxylic acids is 1. The van der Waals surface area contributed by atoms with Gasteiger partial charge in [-0.25, -0.2) is 9.59 Å². The second kappa shape index (κ2) is 8.45. The van der Waals surface area contributed by atoms with Crippen molar-refractivity contribution in [2.45, 2.75) is 39.7 Å². The van der Waals surface area contributed by atoms with Crippen LogP contribution in [0, 0.1) is 17.8 Å². The smallest absolute Gasteiger partial charge is 0.326 e. The Balaban J connectivity index is 4.02. The number of carbonyl (C=O) groups is 2. The van der Waals surface area contributed by atoms with Gasteiger partial charge >= 0.3 is 12.0 Å². The topological polar surface area (TPSA) is 78.4 Å². The fraction of sp³-hybridized carbons (Fsp3) is 0.667. The minimum Gasteiger partial charge on any atom is -0.480 e. The van der Waals surface area contributed by atoms with Gasteiger partial charge in [-0.05, 0) is 19.3 Å². The predicted octanol–water partition coefficient (Wildman–Crippen LogP) is 1.20. The molecule has 0 saturated carbocycles. The molecule has 2 amide bonds. The molecule has 0 bridgehead atoms. The van der Waals surface area contributed by atoms with Crippen LogP contribution in [0.3, 0.4) is 0 Å². The summed E-state index contributed by atoms with van der Waals surface area (Å²) >= 11 is 0. The molecule has 0 aromatic carbocycles. The number of hydrogen-bond acceptors (Lipinski definition) is 2. The second-order valence-electron chi connectivity index (χ2n) is 4.10. The van der Waals surface area contributed by atoms with Crippen molar-refractivity contribution in [2.75, 3.05) is 6.54 Å². The van der Waals surface area contributed by atoms with Gasteiger partial charge in [-0.1, -0.05) is 13.8 Å². The lowest BCUT2D eigenvalue weighted by Gasteiger charge is -2.16. The minimum atomic E-state index is -1.01. The first-order chi connectivity index (χ1) is 7.97. The van der Waals surface area contributed by atoms with E-state index in [1.54, 1.807) is 6.92 Å². The Morgan fingerprint density at radius 1 is 1.35 bits per heavy atom. The summed E-state index contributed by atoms with van der Waals surface area (Å²) in [7, 11) is 0. The van der Waals surface area contributed by atoms with E-state index in [1.807, 2.05) is 13.8 Å². The summed E-state index contributed by atoms with van der Waals surface area (Å²) in [6, 6.07) is -1.30. The zero-order valence-corrected chi connectivity index (χ0v) is 10.5. The molecule has 3 N–H and O–H groups in total. The van der Waals surface area contributed by atoms with E-state index < -0.39 is 18.0 Å². The molecule has 0 aliphatic rings. The first kappa shape index (κ1) is 15.3. The molecule has 5 heteroatoms. The zero-order chi connectivity index (χ0) is 13.3. The van der Waals surface area contributed by atoms with Crippen LogP contribution in [0.4, 0.5) is 4.79 Å². The molecular formula is C12H20N2O3. The molecule has 0 fully saturated rings. The summed E-state index contributed by atoms with van der Waals surface area (Å²) in [5.74, 6) is 4.71. The molecular weight excluding hydrogens is 220 g/mol. The highest BCUT2D eigenvalue weighted by molar-refractivity contribution is 5.82. The van der Waals surface area contributed by atoms with Crippen molar-refractivity contribution in [2.24, 2.45) is 5.92 Å². The molecule has 0 aliphatic carbocycles. The maximum Gasteiger partial charge on any atom is 0.326 e. The third-order valence-electron chi connectivity index (χ3n) is 2.02. The van der Waals surface area contributed by atoms with Crippen LogP contribution in [0.25, 0.3) is 0 Å². The highest BCUT2D eigenvalue weighted by Gasteiger charge is 2.20. The van der Waals surface area contributed by atoms with Crippen molar-refractivity contribution in [3.63, 3.8) is 0 Å². The van der Waals surface area contributed by atoms with E-state index in [9.17, 15) is 9.59 Å². The number of carboxylic acid groups (broad SMARTS) is 1. The predicted molar refractivity (Wildman–Crippen MR) is 65.5 cm³/mol. The average Bonchev–Trinajstić information content (AvgIpc) is 2.22. The number of hydrogen-bond donors (Lipinski definition) is 3. The lowest BCUT2D eigenvalue weighted by atomic mass is 10.0. The first-order valence-corrected chi connectivity index (χ1v) is 5.64. The van der Waals surface area contributed by atoms with Crippen LogP contribution >= 0.6 is 0 Å². The van der Waals surface area contributed by atoms with Crippen LogP contribution in [0.1, 0.15) is 33.6 Å². The van der Waals surface area contributed by atoms with Gasteiger partial charge in [0.25, 0.3) is 0 Å². The standard InChI is InChI=1S/C12H20N2O3/c1-4-5-6-7-13-12(17)14-10(11(15)16)8-9(2)3/h9-10H,6-8H2,1-3H3,(H,15,16)(H2,13,14,17)/t10-/m0/s1.